The van der Waals surface area contributed by atoms with Crippen molar-refractivity contribution in [3.63, 3.8) is 0 Å². The molecule has 0 saturated carbocycles. The molecule has 1 N–H and O–H groups in total. The Kier molecular flexibility index (Phi) is 4.54. The van der Waals surface area contributed by atoms with E-state index in [-0.39, 0.29) is 5.91 Å². The number of amides is 1. The minimum Gasteiger partial charge on any atom is -0.268 e. The number of rotatable bonds is 5. The molecule has 2 heterocycles. The average Bonchev–Trinajstić information content (AvgIpc) is 3.09. The summed E-state index contributed by atoms with van der Waals surface area (Å²) in [6.45, 7) is 0.618. The average molecular weight is 305 g/mol. The molecule has 6 heteroatoms. The molecule has 0 atom stereocenters. The third-order valence-corrected chi connectivity index (χ3v) is 3.16. The molecule has 1 amide bonds. The molecule has 0 aliphatic heterocycles. The number of aromatic nitrogens is 3. The molecule has 6 nitrogen and oxygen atoms in total. The van der Waals surface area contributed by atoms with Gasteiger partial charge >= 0.3 is 0 Å². The van der Waals surface area contributed by atoms with E-state index in [4.69, 9.17) is 0 Å². The molecule has 0 saturated heterocycles. The highest BCUT2D eigenvalue weighted by Crippen LogP contribution is 2.07. The predicted molar refractivity (Wildman–Crippen MR) is 87.1 cm³/mol. The molecule has 2 aromatic heterocycles. The Balaban J connectivity index is 1.64. The molecule has 0 aliphatic rings. The summed E-state index contributed by atoms with van der Waals surface area (Å²) in [6, 6.07) is 12.9. The number of nitrogens with zero attached hydrogens (tertiary/aromatic N) is 4. The van der Waals surface area contributed by atoms with Gasteiger partial charge in [-0.3, -0.25) is 14.5 Å². The SMILES string of the molecule is O=C(N/N=C/c1cccnc1)c1cccc(Cn2cccn2)c1. The minimum absolute atomic E-state index is 0.257. The summed E-state index contributed by atoms with van der Waals surface area (Å²) in [6.07, 6.45) is 8.51. The van der Waals surface area contributed by atoms with Crippen molar-refractivity contribution in [2.24, 2.45) is 5.10 Å². The molecular formula is C17H15N5O. The molecule has 0 bridgehead atoms. The lowest BCUT2D eigenvalue weighted by Gasteiger charge is -2.05. The Morgan fingerprint density at radius 3 is 2.96 bits per heavy atom. The number of benzene rings is 1. The van der Waals surface area contributed by atoms with Crippen LogP contribution in [0.15, 0.2) is 72.4 Å². The maximum atomic E-state index is 12.1. The summed E-state index contributed by atoms with van der Waals surface area (Å²) in [4.78, 5) is 16.1. The zero-order valence-corrected chi connectivity index (χ0v) is 12.3. The number of carbonyl (C=O) groups excluding carboxylic acids is 1. The smallest absolute Gasteiger partial charge is 0.268 e. The summed E-state index contributed by atoms with van der Waals surface area (Å²) in [7, 11) is 0. The number of carbonyl (C=O) groups is 1. The van der Waals surface area contributed by atoms with Crippen LogP contribution in [0.3, 0.4) is 0 Å². The van der Waals surface area contributed by atoms with Gasteiger partial charge in [-0.2, -0.15) is 10.2 Å². The van der Waals surface area contributed by atoms with E-state index in [1.165, 1.54) is 0 Å². The molecule has 0 unspecified atom stereocenters. The van der Waals surface area contributed by atoms with Crippen LogP contribution in [0.25, 0.3) is 0 Å². The van der Waals surface area contributed by atoms with E-state index < -0.39 is 0 Å². The monoisotopic (exact) mass is 305 g/mol. The normalized spacial score (nSPS) is 10.8. The number of hydrazone groups is 1. The fourth-order valence-corrected chi connectivity index (χ4v) is 2.07. The number of hydrogen-bond donors (Lipinski definition) is 1. The highest BCUT2D eigenvalue weighted by atomic mass is 16.2. The fourth-order valence-electron chi connectivity index (χ4n) is 2.07. The molecule has 3 aromatic rings. The first kappa shape index (κ1) is 14.6. The lowest BCUT2D eigenvalue weighted by Crippen LogP contribution is -2.18. The quantitative estimate of drug-likeness (QED) is 0.579. The molecule has 0 spiro atoms. The van der Waals surface area contributed by atoms with Gasteiger partial charge in [0, 0.05) is 35.9 Å². The zero-order valence-electron chi connectivity index (χ0n) is 12.3. The summed E-state index contributed by atoms with van der Waals surface area (Å²) < 4.78 is 1.80. The van der Waals surface area contributed by atoms with Gasteiger partial charge in [0.25, 0.3) is 5.91 Å². The molecular weight excluding hydrogens is 290 g/mol. The fraction of sp³-hybridized carbons (Fsp3) is 0.0588. The second kappa shape index (κ2) is 7.13. The summed E-state index contributed by atoms with van der Waals surface area (Å²) in [5, 5.41) is 8.10. The zero-order chi connectivity index (χ0) is 15.9. The van der Waals surface area contributed by atoms with Gasteiger partial charge in [0.05, 0.1) is 12.8 Å². The standard InChI is InChI=1S/C17H15N5O/c23-17(21-19-12-15-5-2-7-18-11-15)16-6-1-4-14(10-16)13-22-9-3-8-20-22/h1-12H,13H2,(H,21,23)/b19-12+. The van der Waals surface area contributed by atoms with Crippen molar-refractivity contribution in [1.29, 1.82) is 0 Å². The van der Waals surface area contributed by atoms with Crippen LogP contribution in [-0.2, 0) is 6.54 Å². The van der Waals surface area contributed by atoms with Crippen LogP contribution >= 0.6 is 0 Å². The van der Waals surface area contributed by atoms with Crippen LogP contribution in [0.2, 0.25) is 0 Å². The van der Waals surface area contributed by atoms with E-state index in [1.807, 2.05) is 42.6 Å². The van der Waals surface area contributed by atoms with Gasteiger partial charge in [-0.25, -0.2) is 5.43 Å². The van der Waals surface area contributed by atoms with E-state index in [0.717, 1.165) is 11.1 Å². The van der Waals surface area contributed by atoms with Gasteiger partial charge in [0.2, 0.25) is 0 Å². The second-order valence-corrected chi connectivity index (χ2v) is 4.89. The highest BCUT2D eigenvalue weighted by molar-refractivity contribution is 5.95. The van der Waals surface area contributed by atoms with Crippen molar-refractivity contribution < 1.29 is 4.79 Å². The molecule has 0 radical (unpaired) electrons. The summed E-state index contributed by atoms with van der Waals surface area (Å²) >= 11 is 0. The first-order chi connectivity index (χ1) is 11.3. The third-order valence-electron chi connectivity index (χ3n) is 3.16. The van der Waals surface area contributed by atoms with Crippen molar-refractivity contribution in [2.45, 2.75) is 6.54 Å². The van der Waals surface area contributed by atoms with Crippen molar-refractivity contribution in [3.8, 4) is 0 Å². The molecule has 23 heavy (non-hydrogen) atoms. The van der Waals surface area contributed by atoms with Crippen molar-refractivity contribution >= 4 is 12.1 Å². The molecule has 114 valence electrons. The number of nitrogens with one attached hydrogen (secondary N) is 1. The van der Waals surface area contributed by atoms with Gasteiger partial charge in [-0.1, -0.05) is 18.2 Å². The van der Waals surface area contributed by atoms with Gasteiger partial charge in [-0.05, 0) is 29.8 Å². The minimum atomic E-state index is -0.257. The third kappa shape index (κ3) is 4.10. The van der Waals surface area contributed by atoms with Crippen molar-refractivity contribution in [3.05, 3.63) is 83.9 Å². The second-order valence-electron chi connectivity index (χ2n) is 4.89. The van der Waals surface area contributed by atoms with Gasteiger partial charge in [-0.15, -0.1) is 0 Å². The Morgan fingerprint density at radius 1 is 1.22 bits per heavy atom. The van der Waals surface area contributed by atoms with Crippen LogP contribution in [0.4, 0.5) is 0 Å². The van der Waals surface area contributed by atoms with Crippen LogP contribution in [-0.4, -0.2) is 26.9 Å². The topological polar surface area (TPSA) is 72.2 Å². The van der Waals surface area contributed by atoms with Gasteiger partial charge < -0.3 is 0 Å². The van der Waals surface area contributed by atoms with Crippen molar-refractivity contribution in [2.75, 3.05) is 0 Å². The maximum absolute atomic E-state index is 12.1. The van der Waals surface area contributed by atoms with E-state index in [9.17, 15) is 4.79 Å². The summed E-state index contributed by atoms with van der Waals surface area (Å²) in [5.41, 5.74) is 4.88. The maximum Gasteiger partial charge on any atom is 0.271 e. The van der Waals surface area contributed by atoms with E-state index in [1.54, 1.807) is 35.6 Å². The first-order valence-electron chi connectivity index (χ1n) is 7.11. The van der Waals surface area contributed by atoms with Gasteiger partial charge in [0.15, 0.2) is 0 Å². The molecule has 0 fully saturated rings. The Bertz CT molecular complexity index is 797. The predicted octanol–water partition coefficient (Wildman–Crippen LogP) is 2.09. The van der Waals surface area contributed by atoms with E-state index in [0.29, 0.717) is 12.1 Å². The Hall–Kier alpha value is -3.28. The van der Waals surface area contributed by atoms with E-state index >= 15 is 0 Å². The molecule has 0 aliphatic carbocycles. The Labute approximate surface area is 133 Å². The molecule has 1 aromatic carbocycles. The summed E-state index contributed by atoms with van der Waals surface area (Å²) in [5.74, 6) is -0.257. The van der Waals surface area contributed by atoms with E-state index in [2.05, 4.69) is 20.6 Å². The van der Waals surface area contributed by atoms with Gasteiger partial charge in [0.1, 0.15) is 0 Å². The number of hydrogen-bond acceptors (Lipinski definition) is 4. The van der Waals surface area contributed by atoms with Crippen LogP contribution in [0.5, 0.6) is 0 Å². The highest BCUT2D eigenvalue weighted by Gasteiger charge is 2.05. The van der Waals surface area contributed by atoms with Crippen LogP contribution < -0.4 is 5.43 Å². The Morgan fingerprint density at radius 2 is 2.17 bits per heavy atom. The van der Waals surface area contributed by atoms with Crippen LogP contribution in [0.1, 0.15) is 21.5 Å². The lowest BCUT2D eigenvalue weighted by atomic mass is 10.1. The van der Waals surface area contributed by atoms with Crippen LogP contribution in [0, 0.1) is 0 Å². The largest absolute Gasteiger partial charge is 0.271 e. The molecule has 3 rings (SSSR count). The lowest BCUT2D eigenvalue weighted by molar-refractivity contribution is 0.0955. The first-order valence-corrected chi connectivity index (χ1v) is 7.11. The number of pyridine rings is 1. The van der Waals surface area contributed by atoms with Crippen molar-refractivity contribution in [1.82, 2.24) is 20.2 Å².